The van der Waals surface area contributed by atoms with Crippen LogP contribution in [-0.4, -0.2) is 39.2 Å². The lowest BCUT2D eigenvalue weighted by molar-refractivity contribution is -0.143. The summed E-state index contributed by atoms with van der Waals surface area (Å²) in [5.74, 6) is -0.507. The molecule has 0 aliphatic heterocycles. The maximum absolute atomic E-state index is 12.4. The Balaban J connectivity index is 2.08. The molecule has 0 radical (unpaired) electrons. The van der Waals surface area contributed by atoms with Crippen molar-refractivity contribution in [1.82, 2.24) is 5.32 Å². The third kappa shape index (κ3) is 7.60. The lowest BCUT2D eigenvalue weighted by Gasteiger charge is -2.22. The van der Waals surface area contributed by atoms with Gasteiger partial charge in [0.05, 0.1) is 7.11 Å². The lowest BCUT2D eigenvalue weighted by atomic mass is 10.1. The van der Waals surface area contributed by atoms with Crippen molar-refractivity contribution in [3.05, 3.63) is 59.7 Å². The molecule has 0 aromatic heterocycles. The lowest BCUT2D eigenvalue weighted by Crippen LogP contribution is -2.45. The van der Waals surface area contributed by atoms with Crippen LogP contribution in [0.2, 0.25) is 0 Å². The molecule has 0 bridgehead atoms. The fraction of sp³-hybridized carbons (Fsp3) is 0.364. The van der Waals surface area contributed by atoms with Gasteiger partial charge in [-0.05, 0) is 57.5 Å². The summed E-state index contributed by atoms with van der Waals surface area (Å²) in [4.78, 5) is 24.1. The minimum Gasteiger partial charge on any atom is -0.467 e. The van der Waals surface area contributed by atoms with Crippen molar-refractivity contribution in [3.8, 4) is 5.75 Å². The Kier molecular flexibility index (Phi) is 7.67. The number of aryl methyl sites for hydroxylation is 1. The zero-order valence-corrected chi connectivity index (χ0v) is 19.0. The third-order valence-electron chi connectivity index (χ3n) is 4.06. The van der Waals surface area contributed by atoms with E-state index < -0.39 is 33.8 Å². The Hall–Kier alpha value is -3.07. The van der Waals surface area contributed by atoms with Gasteiger partial charge in [-0.15, -0.1) is 0 Å². The molecule has 0 saturated heterocycles. The molecule has 0 saturated carbocycles. The van der Waals surface area contributed by atoms with Gasteiger partial charge in [-0.2, -0.15) is 8.42 Å². The molecule has 0 spiro atoms. The van der Waals surface area contributed by atoms with Crippen LogP contribution in [-0.2, 0) is 30.8 Å². The molecule has 2 rings (SSSR count). The molecule has 1 atom stereocenters. The summed E-state index contributed by atoms with van der Waals surface area (Å²) in [5.41, 5.74) is 0.877. The average Bonchev–Trinajstić information content (AvgIpc) is 2.67. The summed E-state index contributed by atoms with van der Waals surface area (Å²) in [5, 5.41) is 2.49. The number of rotatable bonds is 7. The summed E-state index contributed by atoms with van der Waals surface area (Å²) in [6.45, 7) is 6.99. The van der Waals surface area contributed by atoms with Gasteiger partial charge in [-0.25, -0.2) is 9.59 Å². The minimum absolute atomic E-state index is 0.0505. The summed E-state index contributed by atoms with van der Waals surface area (Å²) in [6, 6.07) is 11.5. The van der Waals surface area contributed by atoms with E-state index in [2.05, 4.69) is 5.32 Å². The molecule has 1 N–H and O–H groups in total. The van der Waals surface area contributed by atoms with Crippen LogP contribution >= 0.6 is 0 Å². The number of methoxy groups -OCH3 is 1. The first kappa shape index (κ1) is 24.2. The predicted octanol–water partition coefficient (Wildman–Crippen LogP) is 3.37. The zero-order chi connectivity index (χ0) is 23.2. The van der Waals surface area contributed by atoms with Crippen LogP contribution in [0, 0.1) is 6.92 Å². The highest BCUT2D eigenvalue weighted by atomic mass is 32.2. The predicted molar refractivity (Wildman–Crippen MR) is 114 cm³/mol. The molecule has 0 aliphatic rings. The highest BCUT2D eigenvalue weighted by Crippen LogP contribution is 2.20. The van der Waals surface area contributed by atoms with Crippen molar-refractivity contribution in [2.24, 2.45) is 0 Å². The van der Waals surface area contributed by atoms with Crippen LogP contribution in [0.4, 0.5) is 4.79 Å². The second-order valence-corrected chi connectivity index (χ2v) is 9.47. The number of amides is 1. The van der Waals surface area contributed by atoms with E-state index in [4.69, 9.17) is 13.7 Å². The van der Waals surface area contributed by atoms with Crippen LogP contribution in [0.3, 0.4) is 0 Å². The molecule has 2 aromatic rings. The number of nitrogens with one attached hydrogen (secondary N) is 1. The number of benzene rings is 2. The molecular formula is C22H27NO7S. The van der Waals surface area contributed by atoms with Gasteiger partial charge in [-0.1, -0.05) is 29.8 Å². The van der Waals surface area contributed by atoms with Crippen molar-refractivity contribution in [1.29, 1.82) is 0 Å². The van der Waals surface area contributed by atoms with Crippen LogP contribution in [0.25, 0.3) is 0 Å². The second-order valence-electron chi connectivity index (χ2n) is 7.92. The van der Waals surface area contributed by atoms with Gasteiger partial charge in [-0.3, -0.25) is 0 Å². The highest BCUT2D eigenvalue weighted by Gasteiger charge is 2.25. The van der Waals surface area contributed by atoms with Crippen molar-refractivity contribution in [2.45, 2.75) is 50.7 Å². The van der Waals surface area contributed by atoms with Crippen molar-refractivity contribution >= 4 is 22.2 Å². The Labute approximate surface area is 182 Å². The van der Waals surface area contributed by atoms with Crippen molar-refractivity contribution < 1.29 is 31.7 Å². The van der Waals surface area contributed by atoms with Gasteiger partial charge in [0.25, 0.3) is 0 Å². The normalized spacial score (nSPS) is 12.5. The first-order valence-electron chi connectivity index (χ1n) is 9.57. The van der Waals surface area contributed by atoms with Gasteiger partial charge in [0.2, 0.25) is 0 Å². The molecule has 1 unspecified atom stereocenters. The van der Waals surface area contributed by atoms with E-state index in [-0.39, 0.29) is 17.1 Å². The Morgan fingerprint density at radius 3 is 2.10 bits per heavy atom. The van der Waals surface area contributed by atoms with Crippen LogP contribution in [0.5, 0.6) is 5.75 Å². The molecular weight excluding hydrogens is 422 g/mol. The Bertz CT molecular complexity index is 1010. The molecule has 0 heterocycles. The number of hydrogen-bond donors (Lipinski definition) is 1. The van der Waals surface area contributed by atoms with Gasteiger partial charge >= 0.3 is 22.2 Å². The molecule has 1 amide bonds. The molecule has 9 heteroatoms. The number of carbonyl (C=O) groups is 2. The van der Waals surface area contributed by atoms with E-state index in [1.807, 2.05) is 6.92 Å². The van der Waals surface area contributed by atoms with Gasteiger partial charge in [0.15, 0.2) is 0 Å². The van der Waals surface area contributed by atoms with Gasteiger partial charge < -0.3 is 19.0 Å². The van der Waals surface area contributed by atoms with Crippen LogP contribution in [0.1, 0.15) is 31.9 Å². The Morgan fingerprint density at radius 2 is 1.58 bits per heavy atom. The van der Waals surface area contributed by atoms with Gasteiger partial charge in [0, 0.05) is 6.42 Å². The van der Waals surface area contributed by atoms with E-state index >= 15 is 0 Å². The van der Waals surface area contributed by atoms with E-state index in [0.717, 1.165) is 5.56 Å². The highest BCUT2D eigenvalue weighted by molar-refractivity contribution is 7.87. The van der Waals surface area contributed by atoms with E-state index in [0.29, 0.717) is 5.56 Å². The number of hydrogen-bond acceptors (Lipinski definition) is 7. The number of alkyl carbamates (subject to hydrolysis) is 1. The topological polar surface area (TPSA) is 108 Å². The van der Waals surface area contributed by atoms with Gasteiger partial charge in [0.1, 0.15) is 22.3 Å². The maximum Gasteiger partial charge on any atom is 0.408 e. The Morgan fingerprint density at radius 1 is 1.00 bits per heavy atom. The third-order valence-corrected chi connectivity index (χ3v) is 5.32. The minimum atomic E-state index is -3.96. The van der Waals surface area contributed by atoms with Crippen molar-refractivity contribution in [2.75, 3.05) is 7.11 Å². The average molecular weight is 450 g/mol. The van der Waals surface area contributed by atoms with Crippen LogP contribution < -0.4 is 9.50 Å². The first-order valence-corrected chi connectivity index (χ1v) is 11.0. The molecule has 0 fully saturated rings. The standard InChI is InChI=1S/C22H27NO7S/c1-15-6-12-18(13-7-15)31(26,27)30-17-10-8-16(9-11-17)14-19(20(24)28-5)23-21(25)29-22(2,3)4/h6-13,19H,14H2,1-5H3,(H,23,25). The molecule has 8 nitrogen and oxygen atoms in total. The summed E-state index contributed by atoms with van der Waals surface area (Å²) in [7, 11) is -2.74. The fourth-order valence-electron chi connectivity index (χ4n) is 2.58. The summed E-state index contributed by atoms with van der Waals surface area (Å²) >= 11 is 0. The van der Waals surface area contributed by atoms with Crippen molar-refractivity contribution in [3.63, 3.8) is 0 Å². The first-order chi connectivity index (χ1) is 14.4. The quantitative estimate of drug-likeness (QED) is 0.510. The SMILES string of the molecule is COC(=O)C(Cc1ccc(OS(=O)(=O)c2ccc(C)cc2)cc1)NC(=O)OC(C)(C)C. The number of carbonyl (C=O) groups excluding carboxylic acids is 2. The van der Waals surface area contributed by atoms with E-state index in [1.54, 1.807) is 45.0 Å². The smallest absolute Gasteiger partial charge is 0.408 e. The molecule has 0 aliphatic carbocycles. The van der Waals surface area contributed by atoms with E-state index in [1.165, 1.54) is 31.4 Å². The van der Waals surface area contributed by atoms with Crippen LogP contribution in [0.15, 0.2) is 53.4 Å². The van der Waals surface area contributed by atoms with E-state index in [9.17, 15) is 18.0 Å². The fourth-order valence-corrected chi connectivity index (χ4v) is 3.51. The summed E-state index contributed by atoms with van der Waals surface area (Å²) < 4.78 is 39.9. The second kappa shape index (κ2) is 9.82. The number of ether oxygens (including phenoxy) is 2. The monoisotopic (exact) mass is 449 g/mol. The molecule has 31 heavy (non-hydrogen) atoms. The largest absolute Gasteiger partial charge is 0.467 e. The molecule has 2 aromatic carbocycles. The molecule has 168 valence electrons. The summed E-state index contributed by atoms with van der Waals surface area (Å²) in [6.07, 6.45) is -0.622. The number of esters is 1. The zero-order valence-electron chi connectivity index (χ0n) is 18.2. The maximum atomic E-state index is 12.4.